The Hall–Kier alpha value is -0.820. The lowest BCUT2D eigenvalue weighted by Gasteiger charge is -2.09. The molecule has 7 heteroatoms. The van der Waals surface area contributed by atoms with Crippen molar-refractivity contribution in [1.29, 1.82) is 0 Å². The van der Waals surface area contributed by atoms with Gasteiger partial charge >= 0.3 is 0 Å². The summed E-state index contributed by atoms with van der Waals surface area (Å²) in [5.74, 6) is 0.930. The summed E-state index contributed by atoms with van der Waals surface area (Å²) in [5, 5.41) is 13.2. The fourth-order valence-corrected chi connectivity index (χ4v) is 2.68. The van der Waals surface area contributed by atoms with E-state index in [2.05, 4.69) is 49.6 Å². The van der Waals surface area contributed by atoms with Crippen LogP contribution in [0.4, 0.5) is 0 Å². The second-order valence-electron chi connectivity index (χ2n) is 3.88. The molecule has 0 aromatic carbocycles. The highest BCUT2D eigenvalue weighted by Gasteiger charge is 2.07. The normalized spacial score (nSPS) is 11.3. The van der Waals surface area contributed by atoms with Gasteiger partial charge in [0.1, 0.15) is 6.33 Å². The Morgan fingerprint density at radius 2 is 2.29 bits per heavy atom. The first kappa shape index (κ1) is 12.6. The Morgan fingerprint density at radius 3 is 2.94 bits per heavy atom. The molecule has 0 N–H and O–H groups in total. The summed E-state index contributed by atoms with van der Waals surface area (Å²) in [6, 6.07) is 0.395. The molecule has 2 aromatic rings. The van der Waals surface area contributed by atoms with Crippen LogP contribution in [-0.4, -0.2) is 30.3 Å². The molecular weight excluding hydrogens is 302 g/mol. The average molecular weight is 316 g/mol. The van der Waals surface area contributed by atoms with Gasteiger partial charge in [0.2, 0.25) is 0 Å². The van der Waals surface area contributed by atoms with E-state index in [4.69, 9.17) is 0 Å². The number of rotatable bonds is 5. The van der Waals surface area contributed by atoms with Gasteiger partial charge in [0, 0.05) is 18.0 Å². The molecule has 0 aliphatic heterocycles. The minimum absolute atomic E-state index is 0.395. The zero-order valence-corrected chi connectivity index (χ0v) is 12.1. The summed E-state index contributed by atoms with van der Waals surface area (Å²) in [6.07, 6.45) is 5.53. The van der Waals surface area contributed by atoms with Crippen LogP contribution in [0, 0.1) is 0 Å². The maximum Gasteiger partial charge on any atom is 0.191 e. The van der Waals surface area contributed by atoms with Crippen LogP contribution in [0.2, 0.25) is 0 Å². The first-order valence-corrected chi connectivity index (χ1v) is 7.15. The van der Waals surface area contributed by atoms with Crippen molar-refractivity contribution < 1.29 is 0 Å². The maximum absolute atomic E-state index is 4.21. The Balaban J connectivity index is 1.88. The highest BCUT2D eigenvalue weighted by Crippen LogP contribution is 2.19. The van der Waals surface area contributed by atoms with Gasteiger partial charge in [-0.2, -0.15) is 5.10 Å². The van der Waals surface area contributed by atoms with Gasteiger partial charge in [0.15, 0.2) is 5.16 Å². The smallest absolute Gasteiger partial charge is 0.191 e. The van der Waals surface area contributed by atoms with Gasteiger partial charge in [-0.15, -0.1) is 10.2 Å². The molecule has 0 unspecified atom stereocenters. The number of halogens is 1. The molecule has 0 saturated carbocycles. The molecule has 0 spiro atoms. The summed E-state index contributed by atoms with van der Waals surface area (Å²) >= 11 is 5.08. The third kappa shape index (κ3) is 3.32. The molecule has 92 valence electrons. The van der Waals surface area contributed by atoms with Crippen LogP contribution in [0.15, 0.2) is 28.4 Å². The molecular formula is C10H14BrN5S. The van der Waals surface area contributed by atoms with Crippen molar-refractivity contribution >= 4 is 27.7 Å². The molecule has 0 saturated heterocycles. The molecule has 0 bridgehead atoms. The van der Waals surface area contributed by atoms with Gasteiger partial charge in [-0.25, -0.2) is 0 Å². The first-order valence-electron chi connectivity index (χ1n) is 5.37. The lowest BCUT2D eigenvalue weighted by atomic mass is 10.4. The predicted molar refractivity (Wildman–Crippen MR) is 71.1 cm³/mol. The van der Waals surface area contributed by atoms with Crippen LogP contribution in [0.3, 0.4) is 0 Å². The molecule has 0 amide bonds. The van der Waals surface area contributed by atoms with Gasteiger partial charge in [0.05, 0.1) is 17.2 Å². The Bertz CT molecular complexity index is 479. The number of aryl methyl sites for hydroxylation is 1. The third-order valence-corrected chi connectivity index (χ3v) is 3.60. The number of hydrogen-bond donors (Lipinski definition) is 0. The van der Waals surface area contributed by atoms with E-state index < -0.39 is 0 Å². The Labute approximate surface area is 113 Å². The predicted octanol–water partition coefficient (Wildman–Crippen LogP) is 2.61. The average Bonchev–Trinajstić information content (AvgIpc) is 2.87. The molecule has 0 atom stereocenters. The van der Waals surface area contributed by atoms with Crippen LogP contribution >= 0.6 is 27.7 Å². The summed E-state index contributed by atoms with van der Waals surface area (Å²) in [6.45, 7) is 5.11. The molecule has 2 rings (SSSR count). The minimum Gasteiger partial charge on any atom is -0.306 e. The molecule has 0 radical (unpaired) electrons. The summed E-state index contributed by atoms with van der Waals surface area (Å²) in [4.78, 5) is 0. The molecule has 0 fully saturated rings. The molecule has 2 heterocycles. The van der Waals surface area contributed by atoms with Gasteiger partial charge in [-0.1, -0.05) is 11.8 Å². The fraction of sp³-hybridized carbons (Fsp3) is 0.500. The van der Waals surface area contributed by atoms with E-state index in [-0.39, 0.29) is 0 Å². The lowest BCUT2D eigenvalue weighted by Crippen LogP contribution is -2.04. The zero-order chi connectivity index (χ0) is 12.3. The highest BCUT2D eigenvalue weighted by molar-refractivity contribution is 9.10. The molecule has 0 aliphatic carbocycles. The van der Waals surface area contributed by atoms with Gasteiger partial charge in [-0.05, 0) is 29.8 Å². The second-order valence-corrected chi connectivity index (χ2v) is 5.86. The van der Waals surface area contributed by atoms with E-state index in [1.54, 1.807) is 24.3 Å². The van der Waals surface area contributed by atoms with E-state index in [1.165, 1.54) is 0 Å². The number of aromatic nitrogens is 5. The molecule has 0 aliphatic rings. The number of thioether (sulfide) groups is 1. The molecule has 5 nitrogen and oxygen atoms in total. The van der Waals surface area contributed by atoms with E-state index in [1.807, 2.05) is 10.9 Å². The highest BCUT2D eigenvalue weighted by atomic mass is 79.9. The van der Waals surface area contributed by atoms with E-state index in [9.17, 15) is 0 Å². The zero-order valence-electron chi connectivity index (χ0n) is 9.75. The number of hydrogen-bond acceptors (Lipinski definition) is 4. The third-order valence-electron chi connectivity index (χ3n) is 2.25. The van der Waals surface area contributed by atoms with Crippen molar-refractivity contribution in [3.8, 4) is 0 Å². The van der Waals surface area contributed by atoms with Gasteiger partial charge in [0.25, 0.3) is 0 Å². The Kier molecular flexibility index (Phi) is 4.22. The van der Waals surface area contributed by atoms with E-state index in [0.29, 0.717) is 6.04 Å². The van der Waals surface area contributed by atoms with Gasteiger partial charge in [-0.3, -0.25) is 4.68 Å². The van der Waals surface area contributed by atoms with Crippen molar-refractivity contribution in [2.75, 3.05) is 5.75 Å². The topological polar surface area (TPSA) is 48.5 Å². The van der Waals surface area contributed by atoms with Crippen LogP contribution in [0.1, 0.15) is 19.9 Å². The molecule has 2 aromatic heterocycles. The minimum atomic E-state index is 0.395. The van der Waals surface area contributed by atoms with Crippen molar-refractivity contribution in [2.45, 2.75) is 31.6 Å². The summed E-state index contributed by atoms with van der Waals surface area (Å²) in [7, 11) is 0. The largest absolute Gasteiger partial charge is 0.306 e. The quantitative estimate of drug-likeness (QED) is 0.796. The SMILES string of the molecule is CC(C)n1cnnc1SCCn1cc(Br)cn1. The lowest BCUT2D eigenvalue weighted by molar-refractivity contribution is 0.549. The van der Waals surface area contributed by atoms with Crippen molar-refractivity contribution in [2.24, 2.45) is 0 Å². The maximum atomic E-state index is 4.21. The van der Waals surface area contributed by atoms with Crippen LogP contribution in [-0.2, 0) is 6.54 Å². The Morgan fingerprint density at radius 1 is 1.47 bits per heavy atom. The second kappa shape index (κ2) is 5.68. The van der Waals surface area contributed by atoms with E-state index >= 15 is 0 Å². The molecule has 17 heavy (non-hydrogen) atoms. The van der Waals surface area contributed by atoms with Crippen molar-refractivity contribution in [3.63, 3.8) is 0 Å². The van der Waals surface area contributed by atoms with Crippen molar-refractivity contribution in [1.82, 2.24) is 24.5 Å². The summed E-state index contributed by atoms with van der Waals surface area (Å²) < 4.78 is 4.99. The van der Waals surface area contributed by atoms with Crippen LogP contribution in [0.25, 0.3) is 0 Å². The summed E-state index contributed by atoms with van der Waals surface area (Å²) in [5.41, 5.74) is 0. The first-order chi connectivity index (χ1) is 8.16. The standard InChI is InChI=1S/C10H14BrN5S/c1-8(2)16-7-12-14-10(16)17-4-3-15-6-9(11)5-13-15/h5-8H,3-4H2,1-2H3. The van der Waals surface area contributed by atoms with Gasteiger partial charge < -0.3 is 4.57 Å². The van der Waals surface area contributed by atoms with Crippen LogP contribution < -0.4 is 0 Å². The fourth-order valence-electron chi connectivity index (χ4n) is 1.38. The number of nitrogens with zero attached hydrogens (tertiary/aromatic N) is 5. The van der Waals surface area contributed by atoms with E-state index in [0.717, 1.165) is 21.9 Å². The van der Waals surface area contributed by atoms with Crippen LogP contribution in [0.5, 0.6) is 0 Å². The monoisotopic (exact) mass is 315 g/mol. The van der Waals surface area contributed by atoms with Crippen molar-refractivity contribution in [3.05, 3.63) is 23.2 Å².